The van der Waals surface area contributed by atoms with E-state index in [4.69, 9.17) is 5.73 Å². The summed E-state index contributed by atoms with van der Waals surface area (Å²) in [5, 5.41) is 0.283. The maximum absolute atomic E-state index is 14.4. The topological polar surface area (TPSA) is 59.2 Å². The molecule has 1 fully saturated rings. The first kappa shape index (κ1) is 26.4. The zero-order valence-electron chi connectivity index (χ0n) is 19.2. The highest BCUT2D eigenvalue weighted by molar-refractivity contribution is 6.10. The van der Waals surface area contributed by atoms with E-state index in [9.17, 15) is 9.18 Å². The number of Topliss-reactive ketones (excluding diaryl/α,β-unsaturated/α-hetero) is 1. The van der Waals surface area contributed by atoms with Crippen molar-refractivity contribution < 1.29 is 9.18 Å². The highest BCUT2D eigenvalue weighted by atomic mass is 35.5. The molecule has 1 saturated heterocycles. The predicted octanol–water partition coefficient (Wildman–Crippen LogP) is 6.24. The number of halogens is 3. The van der Waals surface area contributed by atoms with E-state index in [1.165, 1.54) is 24.5 Å². The van der Waals surface area contributed by atoms with Gasteiger partial charge < -0.3 is 5.73 Å². The summed E-state index contributed by atoms with van der Waals surface area (Å²) in [6, 6.07) is 15.4. The summed E-state index contributed by atoms with van der Waals surface area (Å²) in [7, 11) is 0. The van der Waals surface area contributed by atoms with Crippen LogP contribution in [0.4, 0.5) is 10.1 Å². The lowest BCUT2D eigenvalue weighted by Gasteiger charge is -2.33. The number of likely N-dealkylation sites (tertiary alicyclic amines) is 1. The fraction of sp³-hybridized carbons (Fsp3) is 0.407. The molecule has 0 saturated carbocycles. The summed E-state index contributed by atoms with van der Waals surface area (Å²) in [6.45, 7) is 3.24. The second-order valence-corrected chi connectivity index (χ2v) is 9.36. The van der Waals surface area contributed by atoms with Crippen LogP contribution in [0.5, 0.6) is 0 Å². The molecule has 2 aliphatic rings. The lowest BCUT2D eigenvalue weighted by molar-refractivity contribution is 0.0881. The van der Waals surface area contributed by atoms with Crippen molar-refractivity contribution in [2.24, 2.45) is 11.8 Å². The van der Waals surface area contributed by atoms with Gasteiger partial charge in [-0.05, 0) is 75.2 Å². The first-order chi connectivity index (χ1) is 15.6. The third-order valence-corrected chi connectivity index (χ3v) is 7.30. The highest BCUT2D eigenvalue weighted by Crippen LogP contribution is 2.37. The minimum atomic E-state index is -0.410. The van der Waals surface area contributed by atoms with Crippen LogP contribution in [0.2, 0.25) is 0 Å². The van der Waals surface area contributed by atoms with Crippen molar-refractivity contribution in [2.45, 2.75) is 45.1 Å². The molecule has 4 nitrogen and oxygen atoms in total. The molecule has 0 bridgehead atoms. The minimum Gasteiger partial charge on any atom is -0.397 e. The van der Waals surface area contributed by atoms with Crippen molar-refractivity contribution in [3.05, 3.63) is 71.2 Å². The van der Waals surface area contributed by atoms with Crippen LogP contribution in [0.15, 0.2) is 48.5 Å². The Kier molecular flexibility index (Phi) is 8.91. The van der Waals surface area contributed by atoms with E-state index in [-0.39, 0.29) is 47.6 Å². The molecule has 0 amide bonds. The average molecular weight is 504 g/mol. The van der Waals surface area contributed by atoms with Gasteiger partial charge in [-0.3, -0.25) is 14.7 Å². The molecular formula is C27H32Cl2FN3O. The van der Waals surface area contributed by atoms with Crippen molar-refractivity contribution in [1.29, 1.82) is 0 Å². The van der Waals surface area contributed by atoms with Crippen LogP contribution in [0.1, 0.15) is 53.7 Å². The lowest BCUT2D eigenvalue weighted by Crippen LogP contribution is -2.33. The number of rotatable bonds is 5. The van der Waals surface area contributed by atoms with Crippen molar-refractivity contribution in [3.8, 4) is 0 Å². The van der Waals surface area contributed by atoms with E-state index in [2.05, 4.69) is 40.2 Å². The van der Waals surface area contributed by atoms with Gasteiger partial charge in [0.1, 0.15) is 5.82 Å². The number of carbonyl (C=O) groups excluding carboxylic acids is 1. The van der Waals surface area contributed by atoms with Gasteiger partial charge >= 0.3 is 0 Å². The molecule has 1 atom stereocenters. The van der Waals surface area contributed by atoms with Gasteiger partial charge in [-0.25, -0.2) is 4.39 Å². The maximum atomic E-state index is 14.4. The number of nitrogen functional groups attached to an aromatic ring is 1. The zero-order valence-corrected chi connectivity index (χ0v) is 20.8. The quantitative estimate of drug-likeness (QED) is 0.447. The zero-order chi connectivity index (χ0) is 22.1. The fourth-order valence-corrected chi connectivity index (χ4v) is 5.44. The summed E-state index contributed by atoms with van der Waals surface area (Å²) in [5.41, 5.74) is 9.68. The van der Waals surface area contributed by atoms with Gasteiger partial charge in [0, 0.05) is 12.5 Å². The van der Waals surface area contributed by atoms with Gasteiger partial charge in [-0.15, -0.1) is 24.8 Å². The van der Waals surface area contributed by atoms with E-state index >= 15 is 0 Å². The Hall–Kier alpha value is -2.21. The van der Waals surface area contributed by atoms with E-state index < -0.39 is 5.82 Å². The second-order valence-electron chi connectivity index (χ2n) is 9.36. The Morgan fingerprint density at radius 3 is 2.44 bits per heavy atom. The molecule has 3 aromatic rings. The molecule has 2 aromatic carbocycles. The first-order valence-electron chi connectivity index (χ1n) is 11.8. The Morgan fingerprint density at radius 1 is 0.971 bits per heavy atom. The van der Waals surface area contributed by atoms with Gasteiger partial charge in [0.2, 0.25) is 0 Å². The molecule has 2 heterocycles. The minimum absolute atomic E-state index is 0. The van der Waals surface area contributed by atoms with E-state index in [0.29, 0.717) is 17.0 Å². The van der Waals surface area contributed by atoms with Crippen molar-refractivity contribution in [1.82, 2.24) is 9.88 Å². The van der Waals surface area contributed by atoms with Gasteiger partial charge in [-0.2, -0.15) is 0 Å². The number of carbonyl (C=O) groups is 1. The van der Waals surface area contributed by atoms with Crippen LogP contribution in [-0.4, -0.2) is 28.8 Å². The predicted molar refractivity (Wildman–Crippen MR) is 140 cm³/mol. The van der Waals surface area contributed by atoms with Crippen LogP contribution in [0.3, 0.4) is 0 Å². The Balaban J connectivity index is 0.00000162. The number of pyridine rings is 1. The second kappa shape index (κ2) is 11.5. The summed E-state index contributed by atoms with van der Waals surface area (Å²) in [4.78, 5) is 20.4. The number of piperidine rings is 1. The summed E-state index contributed by atoms with van der Waals surface area (Å²) in [5.74, 6) is 0.286. The molecule has 2 N–H and O–H groups in total. The highest BCUT2D eigenvalue weighted by Gasteiger charge is 2.32. The van der Waals surface area contributed by atoms with Gasteiger partial charge in [0.05, 0.1) is 27.8 Å². The largest absolute Gasteiger partial charge is 0.397 e. The van der Waals surface area contributed by atoms with Gasteiger partial charge in [-0.1, -0.05) is 36.4 Å². The summed E-state index contributed by atoms with van der Waals surface area (Å²) in [6.07, 6.45) is 5.87. The molecule has 1 aromatic heterocycles. The Bertz CT molecular complexity index is 1130. The van der Waals surface area contributed by atoms with Crippen LogP contribution < -0.4 is 5.73 Å². The molecule has 7 heteroatoms. The first-order valence-corrected chi connectivity index (χ1v) is 11.8. The molecular weight excluding hydrogens is 472 g/mol. The molecule has 1 aliphatic carbocycles. The standard InChI is InChI=1S/C27H30FN3O.2ClH/c28-21-7-4-8-22-24(21)26(29)25-23(30-22)12-11-20(27(25)32)10-9-18-13-15-31(16-14-18)17-19-5-2-1-3-6-19;;/h1-8,18,20H,9-17H2,(H2,29,30);2*1H. The van der Waals surface area contributed by atoms with E-state index in [1.807, 2.05) is 0 Å². The number of nitrogens with two attached hydrogens (primary N) is 1. The van der Waals surface area contributed by atoms with E-state index in [0.717, 1.165) is 51.0 Å². The van der Waals surface area contributed by atoms with E-state index in [1.54, 1.807) is 12.1 Å². The Labute approximate surface area is 212 Å². The lowest BCUT2D eigenvalue weighted by atomic mass is 9.79. The van der Waals surface area contributed by atoms with Crippen molar-refractivity contribution in [2.75, 3.05) is 18.8 Å². The number of benzene rings is 2. The number of hydrogen-bond acceptors (Lipinski definition) is 4. The van der Waals surface area contributed by atoms with Crippen molar-refractivity contribution in [3.63, 3.8) is 0 Å². The van der Waals surface area contributed by atoms with Gasteiger partial charge in [0.15, 0.2) is 5.78 Å². The molecule has 0 spiro atoms. The molecule has 182 valence electrons. The number of fused-ring (bicyclic) bond motifs is 2. The summed E-state index contributed by atoms with van der Waals surface area (Å²) < 4.78 is 14.4. The number of nitrogens with zero attached hydrogens (tertiary/aromatic N) is 2. The number of aromatic nitrogens is 1. The van der Waals surface area contributed by atoms with Crippen LogP contribution >= 0.6 is 24.8 Å². The van der Waals surface area contributed by atoms with Gasteiger partial charge in [0.25, 0.3) is 0 Å². The number of anilines is 1. The molecule has 34 heavy (non-hydrogen) atoms. The van der Waals surface area contributed by atoms with Crippen LogP contribution in [-0.2, 0) is 13.0 Å². The normalized spacial score (nSPS) is 18.7. The third kappa shape index (κ3) is 5.37. The monoisotopic (exact) mass is 503 g/mol. The third-order valence-electron chi connectivity index (χ3n) is 7.30. The SMILES string of the molecule is Cl.Cl.Nc1c2c(nc3cccc(F)c13)CCC(CCC1CCN(Cc3ccccc3)CC1)C2=O. The van der Waals surface area contributed by atoms with Crippen LogP contribution in [0, 0.1) is 17.7 Å². The molecule has 1 aliphatic heterocycles. The Morgan fingerprint density at radius 2 is 1.71 bits per heavy atom. The number of ketones is 1. The van der Waals surface area contributed by atoms with Crippen LogP contribution in [0.25, 0.3) is 10.9 Å². The van der Waals surface area contributed by atoms with Crippen molar-refractivity contribution >= 4 is 47.2 Å². The number of aryl methyl sites for hydroxylation is 1. The molecule has 5 rings (SSSR count). The molecule has 1 unspecified atom stereocenters. The maximum Gasteiger partial charge on any atom is 0.169 e. The average Bonchev–Trinajstić information content (AvgIpc) is 2.80. The number of hydrogen-bond donors (Lipinski definition) is 1. The molecule has 0 radical (unpaired) electrons. The fourth-order valence-electron chi connectivity index (χ4n) is 5.44. The smallest absolute Gasteiger partial charge is 0.169 e. The summed E-state index contributed by atoms with van der Waals surface area (Å²) >= 11 is 0.